The summed E-state index contributed by atoms with van der Waals surface area (Å²) in [7, 11) is 0. The smallest absolute Gasteiger partial charge is 0.00131 e. The molecule has 146 valence electrons. The van der Waals surface area contributed by atoms with Gasteiger partial charge in [-0.15, -0.1) is 0 Å². The number of fused-ring (bicyclic) bond motifs is 5. The van der Waals surface area contributed by atoms with E-state index in [4.69, 9.17) is 0 Å². The second-order valence-corrected chi connectivity index (χ2v) is 8.47. The number of benzene rings is 4. The standard InChI is InChI=1S/C29H30/c1-5-18-9-11-24-20(13-18)15-21-16-28-23(8-4)27-14-19(6-2)10-12-25(27)22(7-3)29(28)17-26(21)24/h9-14,16-17H,5-8,15H2,1-4H3. The summed E-state index contributed by atoms with van der Waals surface area (Å²) >= 11 is 0. The topological polar surface area (TPSA) is 0 Å². The Hall–Kier alpha value is -2.60. The largest absolute Gasteiger partial charge is 0.0613 e. The van der Waals surface area contributed by atoms with E-state index in [0.29, 0.717) is 0 Å². The first-order valence-electron chi connectivity index (χ1n) is 11.3. The van der Waals surface area contributed by atoms with Gasteiger partial charge < -0.3 is 0 Å². The lowest BCUT2D eigenvalue weighted by atomic mass is 9.86. The van der Waals surface area contributed by atoms with Gasteiger partial charge in [-0.2, -0.15) is 0 Å². The highest BCUT2D eigenvalue weighted by molar-refractivity contribution is 6.08. The SMILES string of the molecule is CCc1ccc2c(c1)Cc1cc3c(CC)c4cc(CC)ccc4c(CC)c3cc1-2. The molecule has 1 aliphatic rings. The van der Waals surface area contributed by atoms with Crippen LogP contribution in [0.25, 0.3) is 32.7 Å². The minimum absolute atomic E-state index is 1.07. The van der Waals surface area contributed by atoms with Crippen molar-refractivity contribution in [3.05, 3.63) is 81.9 Å². The van der Waals surface area contributed by atoms with Crippen LogP contribution in [0.2, 0.25) is 0 Å². The van der Waals surface area contributed by atoms with E-state index in [1.54, 1.807) is 0 Å². The first-order chi connectivity index (χ1) is 14.2. The second-order valence-electron chi connectivity index (χ2n) is 8.47. The molecule has 4 aromatic carbocycles. The zero-order valence-electron chi connectivity index (χ0n) is 18.2. The lowest BCUT2D eigenvalue weighted by Gasteiger charge is -2.18. The normalized spacial score (nSPS) is 12.6. The van der Waals surface area contributed by atoms with Crippen LogP contribution in [0.5, 0.6) is 0 Å². The Kier molecular flexibility index (Phi) is 4.46. The highest BCUT2D eigenvalue weighted by atomic mass is 14.3. The van der Waals surface area contributed by atoms with Gasteiger partial charge in [-0.25, -0.2) is 0 Å². The van der Waals surface area contributed by atoms with Crippen molar-refractivity contribution in [3.63, 3.8) is 0 Å². The summed E-state index contributed by atoms with van der Waals surface area (Å²) in [5.74, 6) is 0. The Labute approximate surface area is 174 Å². The van der Waals surface area contributed by atoms with Crippen molar-refractivity contribution < 1.29 is 0 Å². The van der Waals surface area contributed by atoms with Crippen LogP contribution in [-0.4, -0.2) is 0 Å². The van der Waals surface area contributed by atoms with E-state index in [9.17, 15) is 0 Å². The lowest BCUT2D eigenvalue weighted by molar-refractivity contribution is 1.12. The van der Waals surface area contributed by atoms with E-state index in [1.807, 2.05) is 0 Å². The fourth-order valence-corrected chi connectivity index (χ4v) is 5.40. The van der Waals surface area contributed by atoms with Gasteiger partial charge in [-0.1, -0.05) is 64.1 Å². The molecule has 0 spiro atoms. The number of hydrogen-bond acceptors (Lipinski definition) is 0. The molecule has 0 radical (unpaired) electrons. The van der Waals surface area contributed by atoms with Gasteiger partial charge in [0.15, 0.2) is 0 Å². The second kappa shape index (κ2) is 7.02. The summed E-state index contributed by atoms with van der Waals surface area (Å²) in [6.45, 7) is 9.12. The number of hydrogen-bond donors (Lipinski definition) is 0. The van der Waals surface area contributed by atoms with Gasteiger partial charge in [-0.3, -0.25) is 0 Å². The van der Waals surface area contributed by atoms with Crippen LogP contribution in [0, 0.1) is 0 Å². The quantitative estimate of drug-likeness (QED) is 0.280. The fourth-order valence-electron chi connectivity index (χ4n) is 5.40. The minimum Gasteiger partial charge on any atom is -0.0613 e. The third-order valence-corrected chi connectivity index (χ3v) is 6.99. The van der Waals surface area contributed by atoms with E-state index >= 15 is 0 Å². The van der Waals surface area contributed by atoms with Crippen LogP contribution in [0.4, 0.5) is 0 Å². The van der Waals surface area contributed by atoms with Crippen molar-refractivity contribution in [2.24, 2.45) is 0 Å². The highest BCUT2D eigenvalue weighted by Crippen LogP contribution is 2.43. The summed E-state index contributed by atoms with van der Waals surface area (Å²) in [4.78, 5) is 0. The Morgan fingerprint density at radius 1 is 0.517 bits per heavy atom. The molecule has 0 fully saturated rings. The van der Waals surface area contributed by atoms with Crippen LogP contribution in [0.15, 0.2) is 48.5 Å². The molecular weight excluding hydrogens is 348 g/mol. The Balaban J connectivity index is 1.85. The van der Waals surface area contributed by atoms with Crippen molar-refractivity contribution in [1.82, 2.24) is 0 Å². The van der Waals surface area contributed by atoms with Gasteiger partial charge in [-0.05, 0) is 110 Å². The molecule has 0 heterocycles. The molecule has 0 aromatic heterocycles. The van der Waals surface area contributed by atoms with Crippen molar-refractivity contribution in [2.45, 2.75) is 59.8 Å². The molecule has 0 amide bonds. The van der Waals surface area contributed by atoms with Gasteiger partial charge in [0.05, 0.1) is 0 Å². The maximum absolute atomic E-state index is 2.52. The maximum Gasteiger partial charge on any atom is -0.00131 e. The van der Waals surface area contributed by atoms with Crippen LogP contribution < -0.4 is 0 Å². The molecule has 0 heteroatoms. The highest BCUT2D eigenvalue weighted by Gasteiger charge is 2.22. The molecule has 4 aromatic rings. The van der Waals surface area contributed by atoms with E-state index in [1.165, 1.54) is 66.1 Å². The van der Waals surface area contributed by atoms with Gasteiger partial charge in [0.2, 0.25) is 0 Å². The maximum atomic E-state index is 2.52. The van der Waals surface area contributed by atoms with Crippen molar-refractivity contribution in [3.8, 4) is 11.1 Å². The molecular formula is C29H30. The average Bonchev–Trinajstić information content (AvgIpc) is 3.12. The van der Waals surface area contributed by atoms with Crippen LogP contribution in [0.1, 0.15) is 61.1 Å². The summed E-state index contributed by atoms with van der Waals surface area (Å²) in [6, 6.07) is 19.3. The number of aryl methyl sites for hydroxylation is 4. The Morgan fingerprint density at radius 2 is 1.10 bits per heavy atom. The molecule has 5 rings (SSSR count). The molecule has 0 unspecified atom stereocenters. The van der Waals surface area contributed by atoms with Crippen LogP contribution in [0.3, 0.4) is 0 Å². The predicted octanol–water partition coefficient (Wildman–Crippen LogP) is 7.81. The summed E-state index contributed by atoms with van der Waals surface area (Å²) in [5.41, 5.74) is 11.8. The Morgan fingerprint density at radius 3 is 1.83 bits per heavy atom. The molecule has 0 bridgehead atoms. The van der Waals surface area contributed by atoms with Crippen molar-refractivity contribution in [1.29, 1.82) is 0 Å². The van der Waals surface area contributed by atoms with Gasteiger partial charge >= 0.3 is 0 Å². The lowest BCUT2D eigenvalue weighted by Crippen LogP contribution is -1.96. The molecule has 0 saturated carbocycles. The molecule has 0 atom stereocenters. The first-order valence-corrected chi connectivity index (χ1v) is 11.3. The molecule has 0 nitrogen and oxygen atoms in total. The van der Waals surface area contributed by atoms with E-state index in [-0.39, 0.29) is 0 Å². The zero-order valence-corrected chi connectivity index (χ0v) is 18.2. The van der Waals surface area contributed by atoms with Crippen LogP contribution in [-0.2, 0) is 32.1 Å². The van der Waals surface area contributed by atoms with Crippen molar-refractivity contribution in [2.75, 3.05) is 0 Å². The molecule has 0 N–H and O–H groups in total. The summed E-state index contributed by atoms with van der Waals surface area (Å²) in [6.07, 6.45) is 5.43. The van der Waals surface area contributed by atoms with E-state index in [0.717, 1.165) is 32.1 Å². The molecule has 1 aliphatic carbocycles. The average molecular weight is 379 g/mol. The van der Waals surface area contributed by atoms with Gasteiger partial charge in [0, 0.05) is 0 Å². The summed E-state index contributed by atoms with van der Waals surface area (Å²) < 4.78 is 0. The van der Waals surface area contributed by atoms with Gasteiger partial charge in [0.1, 0.15) is 0 Å². The molecule has 29 heavy (non-hydrogen) atoms. The van der Waals surface area contributed by atoms with Gasteiger partial charge in [0.25, 0.3) is 0 Å². The minimum atomic E-state index is 1.07. The first kappa shape index (κ1) is 18.4. The number of rotatable bonds is 4. The zero-order chi connectivity index (χ0) is 20.1. The fraction of sp³-hybridized carbons (Fsp3) is 0.310. The monoisotopic (exact) mass is 378 g/mol. The third kappa shape index (κ3) is 2.73. The van der Waals surface area contributed by atoms with E-state index in [2.05, 4.69) is 76.2 Å². The Bertz CT molecular complexity index is 1260. The van der Waals surface area contributed by atoms with E-state index < -0.39 is 0 Å². The molecule has 0 saturated heterocycles. The summed E-state index contributed by atoms with van der Waals surface area (Å²) in [5, 5.41) is 5.87. The third-order valence-electron chi connectivity index (χ3n) is 6.99. The van der Waals surface area contributed by atoms with Crippen LogP contribution >= 0.6 is 0 Å². The molecule has 0 aliphatic heterocycles. The predicted molar refractivity (Wildman–Crippen MR) is 127 cm³/mol. The van der Waals surface area contributed by atoms with Crippen molar-refractivity contribution >= 4 is 21.5 Å².